The van der Waals surface area contributed by atoms with Crippen LogP contribution in [0.2, 0.25) is 0 Å². The lowest BCUT2D eigenvalue weighted by Gasteiger charge is -2.17. The topological polar surface area (TPSA) is 33.1 Å². The Balaban J connectivity index is 1.75. The van der Waals surface area contributed by atoms with Gasteiger partial charge in [0.05, 0.1) is 12.0 Å². The standard InChI is InChI=1S/C14H26N4/c1-12(2)8-15-9-14-10-16-11-18(14)7-6-17(3)13-4-5-13/h10-13,15H,4-9H2,1-3H3. The van der Waals surface area contributed by atoms with Crippen LogP contribution in [-0.4, -0.2) is 40.6 Å². The molecular formula is C14H26N4. The zero-order chi connectivity index (χ0) is 13.0. The SMILES string of the molecule is CC(C)CNCc1cncn1CCN(C)C1CC1. The monoisotopic (exact) mass is 250 g/mol. The molecule has 0 saturated heterocycles. The maximum Gasteiger partial charge on any atom is 0.0949 e. The van der Waals surface area contributed by atoms with Gasteiger partial charge in [-0.1, -0.05) is 13.8 Å². The minimum atomic E-state index is 0.697. The van der Waals surface area contributed by atoms with Crippen molar-refractivity contribution in [2.24, 2.45) is 5.92 Å². The predicted molar refractivity (Wildman–Crippen MR) is 74.4 cm³/mol. The highest BCUT2D eigenvalue weighted by Gasteiger charge is 2.25. The van der Waals surface area contributed by atoms with Crippen LogP contribution in [0, 0.1) is 5.92 Å². The molecule has 1 saturated carbocycles. The molecule has 4 heteroatoms. The summed E-state index contributed by atoms with van der Waals surface area (Å²) in [5.74, 6) is 0.697. The highest BCUT2D eigenvalue weighted by Crippen LogP contribution is 2.24. The summed E-state index contributed by atoms with van der Waals surface area (Å²) >= 11 is 0. The van der Waals surface area contributed by atoms with Crippen molar-refractivity contribution in [3.63, 3.8) is 0 Å². The first-order chi connectivity index (χ1) is 8.66. The Hall–Kier alpha value is -0.870. The summed E-state index contributed by atoms with van der Waals surface area (Å²) in [7, 11) is 2.23. The number of likely N-dealkylation sites (N-methyl/N-ethyl adjacent to an activating group) is 1. The number of hydrogen-bond acceptors (Lipinski definition) is 3. The van der Waals surface area contributed by atoms with Crippen LogP contribution in [0.4, 0.5) is 0 Å². The molecule has 0 aliphatic heterocycles. The number of hydrogen-bond donors (Lipinski definition) is 1. The van der Waals surface area contributed by atoms with E-state index in [2.05, 4.69) is 40.7 Å². The van der Waals surface area contributed by atoms with E-state index in [-0.39, 0.29) is 0 Å². The van der Waals surface area contributed by atoms with E-state index in [9.17, 15) is 0 Å². The minimum Gasteiger partial charge on any atom is -0.332 e. The Labute approximate surface area is 110 Å². The lowest BCUT2D eigenvalue weighted by atomic mass is 10.2. The third kappa shape index (κ3) is 4.10. The van der Waals surface area contributed by atoms with Gasteiger partial charge in [0.25, 0.3) is 0 Å². The van der Waals surface area contributed by atoms with Gasteiger partial charge < -0.3 is 14.8 Å². The van der Waals surface area contributed by atoms with Crippen LogP contribution in [0.1, 0.15) is 32.4 Å². The van der Waals surface area contributed by atoms with Crippen molar-refractivity contribution in [1.82, 2.24) is 19.8 Å². The van der Waals surface area contributed by atoms with Crippen molar-refractivity contribution in [3.8, 4) is 0 Å². The first-order valence-electron chi connectivity index (χ1n) is 7.06. The van der Waals surface area contributed by atoms with Crippen LogP contribution >= 0.6 is 0 Å². The number of nitrogens with one attached hydrogen (secondary N) is 1. The normalized spacial score (nSPS) is 15.8. The van der Waals surface area contributed by atoms with Gasteiger partial charge in [-0.05, 0) is 32.4 Å². The molecular weight excluding hydrogens is 224 g/mol. The molecule has 18 heavy (non-hydrogen) atoms. The largest absolute Gasteiger partial charge is 0.332 e. The van der Waals surface area contributed by atoms with E-state index < -0.39 is 0 Å². The zero-order valence-corrected chi connectivity index (χ0v) is 11.9. The average Bonchev–Trinajstić information content (AvgIpc) is 3.08. The van der Waals surface area contributed by atoms with Gasteiger partial charge in [0, 0.05) is 31.9 Å². The van der Waals surface area contributed by atoms with Crippen molar-refractivity contribution >= 4 is 0 Å². The third-order valence-corrected chi connectivity index (χ3v) is 3.52. The van der Waals surface area contributed by atoms with Crippen molar-refractivity contribution < 1.29 is 0 Å². The van der Waals surface area contributed by atoms with E-state index in [0.717, 1.165) is 32.2 Å². The van der Waals surface area contributed by atoms with E-state index in [0.29, 0.717) is 5.92 Å². The summed E-state index contributed by atoms with van der Waals surface area (Å²) in [5.41, 5.74) is 1.29. The second kappa shape index (κ2) is 6.34. The van der Waals surface area contributed by atoms with E-state index >= 15 is 0 Å². The molecule has 4 nitrogen and oxygen atoms in total. The molecule has 2 rings (SSSR count). The molecule has 0 aromatic carbocycles. The van der Waals surface area contributed by atoms with Gasteiger partial charge in [-0.15, -0.1) is 0 Å². The Morgan fingerprint density at radius 2 is 2.28 bits per heavy atom. The van der Waals surface area contributed by atoms with Gasteiger partial charge in [0.2, 0.25) is 0 Å². The summed E-state index contributed by atoms with van der Waals surface area (Å²) in [6.07, 6.45) is 6.68. The molecule has 0 amide bonds. The molecule has 0 bridgehead atoms. The Morgan fingerprint density at radius 1 is 1.50 bits per heavy atom. The fourth-order valence-electron chi connectivity index (χ4n) is 2.15. The van der Waals surface area contributed by atoms with Crippen LogP contribution in [0.5, 0.6) is 0 Å². The summed E-state index contributed by atoms with van der Waals surface area (Å²) < 4.78 is 2.27. The molecule has 1 aliphatic rings. The van der Waals surface area contributed by atoms with Crippen molar-refractivity contribution in [2.45, 2.75) is 45.8 Å². The van der Waals surface area contributed by atoms with Gasteiger partial charge in [-0.2, -0.15) is 0 Å². The van der Waals surface area contributed by atoms with E-state index in [1.165, 1.54) is 18.5 Å². The molecule has 0 unspecified atom stereocenters. The second-order valence-electron chi connectivity index (χ2n) is 5.81. The van der Waals surface area contributed by atoms with Gasteiger partial charge in [-0.3, -0.25) is 0 Å². The number of aromatic nitrogens is 2. The molecule has 0 spiro atoms. The Kier molecular flexibility index (Phi) is 4.78. The van der Waals surface area contributed by atoms with Gasteiger partial charge in [0.1, 0.15) is 0 Å². The van der Waals surface area contributed by atoms with Crippen LogP contribution in [0.15, 0.2) is 12.5 Å². The number of imidazole rings is 1. The lowest BCUT2D eigenvalue weighted by Crippen LogP contribution is -2.26. The summed E-state index contributed by atoms with van der Waals surface area (Å²) in [6, 6.07) is 0.844. The molecule has 1 heterocycles. The number of nitrogens with zero attached hydrogens (tertiary/aromatic N) is 3. The second-order valence-corrected chi connectivity index (χ2v) is 5.81. The van der Waals surface area contributed by atoms with Crippen LogP contribution in [0.25, 0.3) is 0 Å². The fraction of sp³-hybridized carbons (Fsp3) is 0.786. The zero-order valence-electron chi connectivity index (χ0n) is 11.9. The fourth-order valence-corrected chi connectivity index (χ4v) is 2.15. The van der Waals surface area contributed by atoms with E-state index in [1.807, 2.05) is 12.5 Å². The summed E-state index contributed by atoms with van der Waals surface area (Å²) in [4.78, 5) is 6.73. The number of rotatable bonds is 8. The van der Waals surface area contributed by atoms with Gasteiger partial charge in [-0.25, -0.2) is 4.98 Å². The third-order valence-electron chi connectivity index (χ3n) is 3.52. The molecule has 1 aliphatic carbocycles. The maximum absolute atomic E-state index is 4.26. The maximum atomic E-state index is 4.26. The minimum absolute atomic E-state index is 0.697. The van der Waals surface area contributed by atoms with Crippen molar-refractivity contribution in [1.29, 1.82) is 0 Å². The molecule has 1 aromatic rings. The Bertz CT molecular complexity index is 354. The molecule has 102 valence electrons. The van der Waals surface area contributed by atoms with Crippen LogP contribution in [0.3, 0.4) is 0 Å². The van der Waals surface area contributed by atoms with E-state index in [4.69, 9.17) is 0 Å². The quantitative estimate of drug-likeness (QED) is 0.762. The molecule has 0 radical (unpaired) electrons. The average molecular weight is 250 g/mol. The molecule has 0 atom stereocenters. The van der Waals surface area contributed by atoms with E-state index in [1.54, 1.807) is 0 Å². The predicted octanol–water partition coefficient (Wildman–Crippen LogP) is 1.72. The van der Waals surface area contributed by atoms with Crippen LogP contribution < -0.4 is 5.32 Å². The molecule has 1 aromatic heterocycles. The smallest absolute Gasteiger partial charge is 0.0949 e. The highest BCUT2D eigenvalue weighted by molar-refractivity contribution is 4.98. The first-order valence-corrected chi connectivity index (χ1v) is 7.06. The highest BCUT2D eigenvalue weighted by atomic mass is 15.2. The summed E-state index contributed by atoms with van der Waals surface area (Å²) in [6.45, 7) is 8.62. The summed E-state index contributed by atoms with van der Waals surface area (Å²) in [5, 5.41) is 3.48. The lowest BCUT2D eigenvalue weighted by molar-refractivity contribution is 0.307. The first kappa shape index (κ1) is 13.6. The van der Waals surface area contributed by atoms with Gasteiger partial charge >= 0.3 is 0 Å². The van der Waals surface area contributed by atoms with Crippen LogP contribution in [-0.2, 0) is 13.1 Å². The molecule has 1 N–H and O–H groups in total. The Morgan fingerprint density at radius 3 is 2.94 bits per heavy atom. The van der Waals surface area contributed by atoms with Gasteiger partial charge in [0.15, 0.2) is 0 Å². The van der Waals surface area contributed by atoms with Crippen molar-refractivity contribution in [2.75, 3.05) is 20.1 Å². The molecule has 1 fully saturated rings. The van der Waals surface area contributed by atoms with Crippen molar-refractivity contribution in [3.05, 3.63) is 18.2 Å².